The molecule has 21 heavy (non-hydrogen) atoms. The van der Waals surface area contributed by atoms with Crippen LogP contribution in [0.3, 0.4) is 0 Å². The predicted molar refractivity (Wildman–Crippen MR) is 81.4 cm³/mol. The smallest absolute Gasteiger partial charge is 0.215 e. The van der Waals surface area contributed by atoms with Crippen LogP contribution in [-0.4, -0.2) is 33.7 Å². The van der Waals surface area contributed by atoms with E-state index in [1.165, 1.54) is 0 Å². The van der Waals surface area contributed by atoms with E-state index in [0.29, 0.717) is 23.1 Å². The van der Waals surface area contributed by atoms with Gasteiger partial charge < -0.3 is 14.5 Å². The Bertz CT molecular complexity index is 823. The second kappa shape index (κ2) is 5.53. The molecule has 0 amide bonds. The maximum absolute atomic E-state index is 5.36. The zero-order valence-electron chi connectivity index (χ0n) is 11.7. The minimum Gasteiger partial charge on any atom is -0.481 e. The van der Waals surface area contributed by atoms with Gasteiger partial charge in [-0.2, -0.15) is 4.98 Å². The van der Waals surface area contributed by atoms with E-state index in [0.717, 1.165) is 16.7 Å². The molecule has 0 radical (unpaired) electrons. The van der Waals surface area contributed by atoms with Crippen LogP contribution in [0, 0.1) is 4.77 Å². The molecule has 0 aliphatic carbocycles. The van der Waals surface area contributed by atoms with E-state index in [-0.39, 0.29) is 0 Å². The van der Waals surface area contributed by atoms with Crippen molar-refractivity contribution < 1.29 is 9.47 Å². The average Bonchev–Trinajstić information content (AvgIpc) is 2.83. The van der Waals surface area contributed by atoms with Gasteiger partial charge in [-0.25, -0.2) is 4.98 Å². The van der Waals surface area contributed by atoms with Crippen LogP contribution >= 0.6 is 12.2 Å². The quantitative estimate of drug-likeness (QED) is 0.750. The summed E-state index contributed by atoms with van der Waals surface area (Å²) >= 11 is 5.36. The minimum absolute atomic E-state index is 0.554. The number of methoxy groups -OCH3 is 2. The van der Waals surface area contributed by atoms with Crippen LogP contribution < -0.4 is 9.47 Å². The summed E-state index contributed by atoms with van der Waals surface area (Å²) in [6, 6.07) is 7.47. The Morgan fingerprint density at radius 1 is 1.14 bits per heavy atom. The number of nitrogens with zero attached hydrogens (tertiary/aromatic N) is 3. The molecule has 0 aliphatic heterocycles. The van der Waals surface area contributed by atoms with E-state index in [1.54, 1.807) is 26.5 Å². The van der Waals surface area contributed by atoms with Gasteiger partial charge in [0.25, 0.3) is 0 Å². The molecule has 3 aromatic rings. The molecule has 6 nitrogen and oxygen atoms in total. The number of H-pyrrole nitrogens is 1. The van der Waals surface area contributed by atoms with Crippen LogP contribution in [0.15, 0.2) is 30.5 Å². The lowest BCUT2D eigenvalue weighted by molar-refractivity contribution is 0.397. The summed E-state index contributed by atoms with van der Waals surface area (Å²) in [5, 5.41) is 0. The highest BCUT2D eigenvalue weighted by atomic mass is 32.1. The Hall–Kier alpha value is -2.41. The number of aromatic nitrogens is 4. The van der Waals surface area contributed by atoms with E-state index in [1.807, 2.05) is 22.8 Å². The molecule has 0 fully saturated rings. The van der Waals surface area contributed by atoms with Crippen molar-refractivity contribution in [3.8, 4) is 11.8 Å². The summed E-state index contributed by atoms with van der Waals surface area (Å²) < 4.78 is 12.7. The van der Waals surface area contributed by atoms with Crippen molar-refractivity contribution in [2.75, 3.05) is 14.2 Å². The van der Waals surface area contributed by atoms with Crippen LogP contribution in [0.5, 0.6) is 11.8 Å². The molecule has 0 aromatic carbocycles. The van der Waals surface area contributed by atoms with Crippen molar-refractivity contribution in [3.05, 3.63) is 40.8 Å². The molecule has 0 aliphatic rings. The Morgan fingerprint density at radius 3 is 2.57 bits per heavy atom. The molecule has 3 aromatic heterocycles. The Balaban J connectivity index is 2.02. The molecule has 0 saturated carbocycles. The van der Waals surface area contributed by atoms with Gasteiger partial charge in [0.15, 0.2) is 10.4 Å². The molecule has 108 valence electrons. The van der Waals surface area contributed by atoms with E-state index < -0.39 is 0 Å². The van der Waals surface area contributed by atoms with Gasteiger partial charge in [-0.05, 0) is 23.8 Å². The van der Waals surface area contributed by atoms with Crippen molar-refractivity contribution in [2.45, 2.75) is 6.54 Å². The van der Waals surface area contributed by atoms with E-state index in [9.17, 15) is 0 Å². The highest BCUT2D eigenvalue weighted by Crippen LogP contribution is 2.18. The van der Waals surface area contributed by atoms with Crippen LogP contribution in [-0.2, 0) is 6.54 Å². The number of aromatic amines is 1. The topological polar surface area (TPSA) is 65.0 Å². The average molecular weight is 302 g/mol. The van der Waals surface area contributed by atoms with E-state index in [4.69, 9.17) is 21.7 Å². The molecule has 7 heteroatoms. The number of ether oxygens (including phenoxy) is 2. The summed E-state index contributed by atoms with van der Waals surface area (Å²) in [6.45, 7) is 0.579. The van der Waals surface area contributed by atoms with Crippen LogP contribution in [0.4, 0.5) is 0 Å². The van der Waals surface area contributed by atoms with Crippen LogP contribution in [0.1, 0.15) is 5.56 Å². The number of hydrogen-bond donors (Lipinski definition) is 1. The SMILES string of the molecule is COc1ccc(Cn2c(=S)[nH]c3ccc(OC)nc32)cn1. The van der Waals surface area contributed by atoms with Crippen LogP contribution in [0.25, 0.3) is 11.2 Å². The maximum Gasteiger partial charge on any atom is 0.215 e. The number of nitrogens with one attached hydrogen (secondary N) is 1. The van der Waals surface area contributed by atoms with Gasteiger partial charge in [0.1, 0.15) is 0 Å². The number of rotatable bonds is 4. The van der Waals surface area contributed by atoms with Crippen molar-refractivity contribution in [3.63, 3.8) is 0 Å². The standard InChI is InChI=1S/C14H14N4O2S/c1-19-11-5-3-9(7-15-11)8-18-13-10(16-14(18)21)4-6-12(17-13)20-2/h3-7H,8H2,1-2H3,(H,16,21). The third kappa shape index (κ3) is 2.59. The molecule has 0 spiro atoms. The lowest BCUT2D eigenvalue weighted by Crippen LogP contribution is -2.02. The number of hydrogen-bond acceptors (Lipinski definition) is 5. The van der Waals surface area contributed by atoms with Gasteiger partial charge in [-0.15, -0.1) is 0 Å². The second-order valence-electron chi connectivity index (χ2n) is 4.45. The highest BCUT2D eigenvalue weighted by molar-refractivity contribution is 7.71. The third-order valence-electron chi connectivity index (χ3n) is 3.15. The first-order valence-corrected chi connectivity index (χ1v) is 6.74. The molecule has 0 atom stereocenters. The van der Waals surface area contributed by atoms with Crippen molar-refractivity contribution >= 4 is 23.4 Å². The number of pyridine rings is 2. The summed E-state index contributed by atoms with van der Waals surface area (Å²) in [5.74, 6) is 1.14. The Labute approximate surface area is 126 Å². The van der Waals surface area contributed by atoms with Crippen molar-refractivity contribution in [2.24, 2.45) is 0 Å². The van der Waals surface area contributed by atoms with Crippen molar-refractivity contribution in [1.29, 1.82) is 0 Å². The lowest BCUT2D eigenvalue weighted by atomic mass is 10.3. The summed E-state index contributed by atoms with van der Waals surface area (Å²) in [5.41, 5.74) is 2.65. The predicted octanol–water partition coefficient (Wildman–Crippen LogP) is 2.55. The van der Waals surface area contributed by atoms with Gasteiger partial charge in [-0.3, -0.25) is 4.57 Å². The van der Waals surface area contributed by atoms with Gasteiger partial charge in [0.05, 0.1) is 26.3 Å². The fraction of sp³-hybridized carbons (Fsp3) is 0.214. The fourth-order valence-corrected chi connectivity index (χ4v) is 2.34. The van der Waals surface area contributed by atoms with Gasteiger partial charge in [0.2, 0.25) is 11.8 Å². The first-order chi connectivity index (χ1) is 10.2. The zero-order chi connectivity index (χ0) is 14.8. The molecule has 3 rings (SSSR count). The monoisotopic (exact) mass is 302 g/mol. The number of imidazole rings is 1. The zero-order valence-corrected chi connectivity index (χ0v) is 12.5. The first kappa shape index (κ1) is 13.6. The summed E-state index contributed by atoms with van der Waals surface area (Å²) in [4.78, 5) is 11.8. The molecule has 0 bridgehead atoms. The van der Waals surface area contributed by atoms with Crippen molar-refractivity contribution in [1.82, 2.24) is 19.5 Å². The highest BCUT2D eigenvalue weighted by Gasteiger charge is 2.08. The maximum atomic E-state index is 5.36. The fourth-order valence-electron chi connectivity index (χ4n) is 2.08. The van der Waals surface area contributed by atoms with Gasteiger partial charge in [-0.1, -0.05) is 6.07 Å². The normalized spacial score (nSPS) is 10.8. The molecule has 1 N–H and O–H groups in total. The summed E-state index contributed by atoms with van der Waals surface area (Å²) in [7, 11) is 3.18. The number of fused-ring (bicyclic) bond motifs is 1. The van der Waals surface area contributed by atoms with E-state index in [2.05, 4.69) is 15.0 Å². The molecule has 0 saturated heterocycles. The molecule has 0 unspecified atom stereocenters. The molecule has 3 heterocycles. The minimum atomic E-state index is 0.554. The van der Waals surface area contributed by atoms with Crippen LogP contribution in [0.2, 0.25) is 0 Å². The Kier molecular flexibility index (Phi) is 3.57. The first-order valence-electron chi connectivity index (χ1n) is 6.33. The molecular formula is C14H14N4O2S. The largest absolute Gasteiger partial charge is 0.481 e. The lowest BCUT2D eigenvalue weighted by Gasteiger charge is -2.05. The summed E-state index contributed by atoms with van der Waals surface area (Å²) in [6.07, 6.45) is 1.76. The Morgan fingerprint density at radius 2 is 1.90 bits per heavy atom. The molecular weight excluding hydrogens is 288 g/mol. The second-order valence-corrected chi connectivity index (χ2v) is 4.84. The van der Waals surface area contributed by atoms with Gasteiger partial charge >= 0.3 is 0 Å². The van der Waals surface area contributed by atoms with Gasteiger partial charge in [0, 0.05) is 18.3 Å². The third-order valence-corrected chi connectivity index (χ3v) is 3.47. The van der Waals surface area contributed by atoms with E-state index >= 15 is 0 Å².